The molecule has 0 aliphatic carbocycles. The molecule has 2 bridgehead atoms. The average molecular weight is 306 g/mol. The molecular weight excluding hydrogens is 291 g/mol. The van der Waals surface area contributed by atoms with Gasteiger partial charge < -0.3 is 10.2 Å². The second kappa shape index (κ2) is 5.38. The van der Waals surface area contributed by atoms with E-state index in [9.17, 15) is 19.2 Å². The molecule has 3 rings (SSSR count). The maximum Gasteiger partial charge on any atom is 0.344 e. The molecular formula is C14H15FN4O3. The fourth-order valence-corrected chi connectivity index (χ4v) is 2.83. The van der Waals surface area contributed by atoms with E-state index in [1.807, 2.05) is 0 Å². The van der Waals surface area contributed by atoms with E-state index in [4.69, 9.17) is 5.41 Å². The van der Waals surface area contributed by atoms with Gasteiger partial charge in [0.1, 0.15) is 11.7 Å². The van der Waals surface area contributed by atoms with Gasteiger partial charge in [-0.2, -0.15) is 0 Å². The van der Waals surface area contributed by atoms with Crippen LogP contribution in [0.5, 0.6) is 0 Å². The second-order valence-electron chi connectivity index (χ2n) is 5.40. The lowest BCUT2D eigenvalue weighted by Crippen LogP contribution is -2.50. The normalized spacial score (nSPS) is 23.6. The number of hydroxylamine groups is 2. The molecule has 2 fully saturated rings. The van der Waals surface area contributed by atoms with Crippen molar-refractivity contribution in [3.8, 4) is 0 Å². The van der Waals surface area contributed by atoms with Crippen molar-refractivity contribution in [3.63, 3.8) is 0 Å². The zero-order valence-corrected chi connectivity index (χ0v) is 11.6. The fourth-order valence-electron chi connectivity index (χ4n) is 2.83. The van der Waals surface area contributed by atoms with Crippen LogP contribution < -0.4 is 5.32 Å². The van der Waals surface area contributed by atoms with Crippen molar-refractivity contribution in [1.29, 1.82) is 5.41 Å². The number of fused-ring (bicyclic) bond motifs is 2. The average Bonchev–Trinajstić information content (AvgIpc) is 2.72. The molecule has 2 heterocycles. The highest BCUT2D eigenvalue weighted by Gasteiger charge is 2.45. The Labute approximate surface area is 125 Å². The fraction of sp³-hybridized carbons (Fsp3) is 0.357. The molecule has 0 spiro atoms. The summed E-state index contributed by atoms with van der Waals surface area (Å²) < 4.78 is 12.8. The van der Waals surface area contributed by atoms with Crippen molar-refractivity contribution in [1.82, 2.24) is 15.3 Å². The molecule has 2 atom stereocenters. The number of benzene rings is 1. The van der Waals surface area contributed by atoms with Gasteiger partial charge in [0.2, 0.25) is 0 Å². The highest BCUT2D eigenvalue weighted by Crippen LogP contribution is 2.28. The zero-order chi connectivity index (χ0) is 15.9. The molecule has 3 N–H and O–H groups in total. The third kappa shape index (κ3) is 2.41. The Morgan fingerprint density at radius 2 is 2.00 bits per heavy atom. The van der Waals surface area contributed by atoms with Crippen LogP contribution in [0.4, 0.5) is 9.18 Å². The van der Waals surface area contributed by atoms with Crippen molar-refractivity contribution in [2.75, 3.05) is 6.54 Å². The predicted molar refractivity (Wildman–Crippen MR) is 74.1 cm³/mol. The summed E-state index contributed by atoms with van der Waals surface area (Å²) in [5, 5.41) is 20.7. The van der Waals surface area contributed by atoms with Crippen molar-refractivity contribution < 1.29 is 19.2 Å². The number of halogens is 1. The summed E-state index contributed by atoms with van der Waals surface area (Å²) in [6, 6.07) is 3.62. The van der Waals surface area contributed by atoms with Crippen molar-refractivity contribution >= 4 is 17.8 Å². The van der Waals surface area contributed by atoms with Crippen LogP contribution in [-0.2, 0) is 0 Å². The Kier molecular flexibility index (Phi) is 3.53. The lowest BCUT2D eigenvalue weighted by Gasteiger charge is -2.30. The van der Waals surface area contributed by atoms with Crippen molar-refractivity contribution in [2.24, 2.45) is 0 Å². The molecule has 2 aliphatic rings. The van der Waals surface area contributed by atoms with Crippen LogP contribution in [0.3, 0.4) is 0 Å². The lowest BCUT2D eigenvalue weighted by atomic mass is 10.00. The van der Waals surface area contributed by atoms with E-state index in [1.165, 1.54) is 17.0 Å². The Morgan fingerprint density at radius 1 is 1.32 bits per heavy atom. The Bertz CT molecular complexity index is 633. The molecule has 0 aromatic heterocycles. The number of amidine groups is 1. The summed E-state index contributed by atoms with van der Waals surface area (Å²) in [5.41, 5.74) is 0.233. The summed E-state index contributed by atoms with van der Waals surface area (Å²) in [7, 11) is 0. The number of urea groups is 1. The number of nitrogens with one attached hydrogen (secondary N) is 2. The molecule has 1 aromatic rings. The number of nitrogens with zero attached hydrogens (tertiary/aromatic N) is 2. The Hall–Kier alpha value is -2.48. The van der Waals surface area contributed by atoms with Gasteiger partial charge in [-0.1, -0.05) is 0 Å². The van der Waals surface area contributed by atoms with Gasteiger partial charge in [-0.25, -0.2) is 14.2 Å². The van der Waals surface area contributed by atoms with Gasteiger partial charge in [-0.3, -0.25) is 15.4 Å². The molecule has 1 aromatic carbocycles. The van der Waals surface area contributed by atoms with Crippen LogP contribution in [-0.4, -0.2) is 51.6 Å². The maximum absolute atomic E-state index is 12.8. The SMILES string of the molecule is N=C(NC(=O)c1ccc(F)cc1)[C@@H]1CC[C@@H]2CN1C(=O)N2O. The van der Waals surface area contributed by atoms with Gasteiger partial charge in [0.15, 0.2) is 0 Å². The van der Waals surface area contributed by atoms with E-state index in [-0.39, 0.29) is 17.4 Å². The quantitative estimate of drug-likeness (QED) is 0.435. The highest BCUT2D eigenvalue weighted by molar-refractivity contribution is 6.07. The Morgan fingerprint density at radius 3 is 2.68 bits per heavy atom. The molecule has 0 saturated carbocycles. The van der Waals surface area contributed by atoms with E-state index in [0.717, 1.165) is 12.1 Å². The first kappa shape index (κ1) is 14.5. The number of rotatable bonds is 2. The molecule has 0 radical (unpaired) electrons. The largest absolute Gasteiger partial charge is 0.344 e. The van der Waals surface area contributed by atoms with E-state index >= 15 is 0 Å². The minimum atomic E-state index is -0.565. The minimum Gasteiger partial charge on any atom is -0.311 e. The van der Waals surface area contributed by atoms with Crippen LogP contribution >= 0.6 is 0 Å². The van der Waals surface area contributed by atoms with Crippen molar-refractivity contribution in [3.05, 3.63) is 35.6 Å². The number of hydrogen-bond acceptors (Lipinski definition) is 4. The first-order valence-corrected chi connectivity index (χ1v) is 6.91. The van der Waals surface area contributed by atoms with E-state index in [1.54, 1.807) is 0 Å². The third-order valence-electron chi connectivity index (χ3n) is 4.03. The van der Waals surface area contributed by atoms with Gasteiger partial charge in [-0.15, -0.1) is 0 Å². The number of carbonyl (C=O) groups excluding carboxylic acids is 2. The van der Waals surface area contributed by atoms with Crippen LogP contribution in [0.1, 0.15) is 23.2 Å². The van der Waals surface area contributed by atoms with Gasteiger partial charge in [0, 0.05) is 12.1 Å². The highest BCUT2D eigenvalue weighted by atomic mass is 19.1. The number of carbonyl (C=O) groups is 2. The van der Waals surface area contributed by atoms with Crippen molar-refractivity contribution in [2.45, 2.75) is 24.9 Å². The molecule has 7 nitrogen and oxygen atoms in total. The predicted octanol–water partition coefficient (Wildman–Crippen LogP) is 1.19. The van der Waals surface area contributed by atoms with E-state index in [0.29, 0.717) is 24.4 Å². The lowest BCUT2D eigenvalue weighted by molar-refractivity contribution is -0.0583. The van der Waals surface area contributed by atoms with Gasteiger partial charge in [0.05, 0.1) is 12.1 Å². The smallest absolute Gasteiger partial charge is 0.311 e. The monoisotopic (exact) mass is 306 g/mol. The van der Waals surface area contributed by atoms with E-state index in [2.05, 4.69) is 5.32 Å². The Balaban J connectivity index is 1.68. The van der Waals surface area contributed by atoms with Crippen LogP contribution in [0.25, 0.3) is 0 Å². The number of hydrogen-bond donors (Lipinski definition) is 3. The molecule has 0 unspecified atom stereocenters. The van der Waals surface area contributed by atoms with Crippen LogP contribution in [0.2, 0.25) is 0 Å². The van der Waals surface area contributed by atoms with E-state index < -0.39 is 23.8 Å². The second-order valence-corrected chi connectivity index (χ2v) is 5.40. The summed E-state index contributed by atoms with van der Waals surface area (Å²) in [5.74, 6) is -1.08. The molecule has 2 saturated heterocycles. The third-order valence-corrected chi connectivity index (χ3v) is 4.03. The zero-order valence-electron chi connectivity index (χ0n) is 11.6. The first-order valence-electron chi connectivity index (χ1n) is 6.91. The molecule has 2 aliphatic heterocycles. The first-order chi connectivity index (χ1) is 10.5. The molecule has 8 heteroatoms. The summed E-state index contributed by atoms with van der Waals surface area (Å²) in [6.45, 7) is 0.342. The summed E-state index contributed by atoms with van der Waals surface area (Å²) in [6.07, 6.45) is 1.06. The molecule has 3 amide bonds. The molecule has 116 valence electrons. The maximum atomic E-state index is 12.8. The van der Waals surface area contributed by atoms with Crippen LogP contribution in [0.15, 0.2) is 24.3 Å². The number of amides is 3. The topological polar surface area (TPSA) is 96.7 Å². The van der Waals surface area contributed by atoms with Crippen LogP contribution in [0, 0.1) is 11.2 Å². The summed E-state index contributed by atoms with van der Waals surface area (Å²) in [4.78, 5) is 25.2. The summed E-state index contributed by atoms with van der Waals surface area (Å²) >= 11 is 0. The number of piperidine rings is 1. The molecule has 22 heavy (non-hydrogen) atoms. The van der Waals surface area contributed by atoms with Gasteiger partial charge >= 0.3 is 6.03 Å². The van der Waals surface area contributed by atoms with Gasteiger partial charge in [-0.05, 0) is 37.1 Å². The van der Waals surface area contributed by atoms with Gasteiger partial charge in [0.25, 0.3) is 5.91 Å². The standard InChI is InChI=1S/C14H15FN4O3/c15-9-3-1-8(2-4-9)13(20)17-12(16)11-6-5-10-7-18(11)14(21)19(10)22/h1-4,10-11,22H,5-7H2,(H2,16,17,20)/t10-,11+/m1/s1. The minimum absolute atomic E-state index is 0.101.